The maximum Gasteiger partial charge on any atom is 0.334 e. The summed E-state index contributed by atoms with van der Waals surface area (Å²) in [5.74, 6) is -0.277. The van der Waals surface area contributed by atoms with Gasteiger partial charge in [0, 0.05) is 12.0 Å². The summed E-state index contributed by atoms with van der Waals surface area (Å²) >= 11 is 0. The minimum Gasteiger partial charge on any atom is -0.455 e. The highest BCUT2D eigenvalue weighted by Crippen LogP contribution is 2.31. The molecule has 0 spiro atoms. The normalized spacial score (nSPS) is 27.8. The first-order valence-corrected chi connectivity index (χ1v) is 18.7. The average Bonchev–Trinajstić information content (AvgIpc) is 3.77. The first-order chi connectivity index (χ1) is 21.8. The number of esters is 1. The molecule has 2 fully saturated rings. The quantitative estimate of drug-likeness (QED) is 0.0634. The van der Waals surface area contributed by atoms with Crippen LogP contribution < -0.4 is 0 Å². The molecule has 0 aromatic rings. The Hall–Kier alpha value is -1.03. The van der Waals surface area contributed by atoms with Crippen LogP contribution in [0, 0.1) is 0 Å². The van der Waals surface area contributed by atoms with Gasteiger partial charge in [-0.25, -0.2) is 4.79 Å². The molecular formula is C37H66O8. The van der Waals surface area contributed by atoms with Gasteiger partial charge in [-0.2, -0.15) is 0 Å². The predicted molar refractivity (Wildman–Crippen MR) is 177 cm³/mol. The summed E-state index contributed by atoms with van der Waals surface area (Å²) in [6.07, 6.45) is 22.1. The van der Waals surface area contributed by atoms with Crippen LogP contribution in [-0.4, -0.2) is 81.3 Å². The fourth-order valence-electron chi connectivity index (χ4n) is 7.29. The van der Waals surface area contributed by atoms with Crippen molar-refractivity contribution >= 4 is 5.97 Å². The molecule has 0 bridgehead atoms. The van der Waals surface area contributed by atoms with Crippen molar-refractivity contribution in [1.82, 2.24) is 0 Å². The molecule has 3 heterocycles. The largest absolute Gasteiger partial charge is 0.455 e. The van der Waals surface area contributed by atoms with E-state index >= 15 is 0 Å². The minimum atomic E-state index is -0.609. The zero-order valence-electron chi connectivity index (χ0n) is 28.5. The summed E-state index contributed by atoms with van der Waals surface area (Å²) in [7, 11) is 0. The third kappa shape index (κ3) is 14.7. The van der Waals surface area contributed by atoms with Crippen molar-refractivity contribution in [3.8, 4) is 0 Å². The number of hydrogen-bond acceptors (Lipinski definition) is 8. The van der Waals surface area contributed by atoms with Crippen molar-refractivity contribution in [3.63, 3.8) is 0 Å². The Kier molecular flexibility index (Phi) is 18.6. The molecule has 3 aliphatic rings. The summed E-state index contributed by atoms with van der Waals surface area (Å²) in [6.45, 7) is 3.99. The van der Waals surface area contributed by atoms with E-state index in [0.717, 1.165) is 77.0 Å². The monoisotopic (exact) mass is 638 g/mol. The lowest BCUT2D eigenvalue weighted by molar-refractivity contribution is -0.139. The third-order valence-electron chi connectivity index (χ3n) is 10.1. The van der Waals surface area contributed by atoms with Gasteiger partial charge in [0.05, 0.1) is 48.8 Å². The Labute approximate surface area is 273 Å². The number of aliphatic hydroxyl groups excluding tert-OH is 4. The number of rotatable bonds is 25. The van der Waals surface area contributed by atoms with Gasteiger partial charge in [-0.05, 0) is 70.8 Å². The van der Waals surface area contributed by atoms with Crippen molar-refractivity contribution < 1.29 is 39.4 Å². The van der Waals surface area contributed by atoms with Gasteiger partial charge < -0.3 is 34.6 Å². The zero-order valence-corrected chi connectivity index (χ0v) is 28.5. The van der Waals surface area contributed by atoms with Gasteiger partial charge in [0.1, 0.15) is 6.10 Å². The van der Waals surface area contributed by atoms with E-state index in [0.29, 0.717) is 24.8 Å². The lowest BCUT2D eigenvalue weighted by atomic mass is 9.99. The van der Waals surface area contributed by atoms with E-state index < -0.39 is 24.4 Å². The summed E-state index contributed by atoms with van der Waals surface area (Å²) in [6, 6.07) is 0. The zero-order chi connectivity index (χ0) is 32.4. The molecule has 0 radical (unpaired) electrons. The molecule has 0 unspecified atom stereocenters. The van der Waals surface area contributed by atoms with Gasteiger partial charge in [-0.1, -0.05) is 90.4 Å². The minimum absolute atomic E-state index is 0.129. The first-order valence-electron chi connectivity index (χ1n) is 18.7. The second kappa shape index (κ2) is 21.8. The molecule has 8 nitrogen and oxygen atoms in total. The topological polar surface area (TPSA) is 126 Å². The maximum atomic E-state index is 11.7. The van der Waals surface area contributed by atoms with Crippen LogP contribution in [0.25, 0.3) is 0 Å². The highest BCUT2D eigenvalue weighted by Gasteiger charge is 2.36. The van der Waals surface area contributed by atoms with E-state index in [-0.39, 0.29) is 36.5 Å². The van der Waals surface area contributed by atoms with Gasteiger partial charge in [-0.3, -0.25) is 0 Å². The summed E-state index contributed by atoms with van der Waals surface area (Å²) in [5.41, 5.74) is 0.622. The molecule has 0 saturated carbocycles. The molecule has 2 saturated heterocycles. The SMILES string of the molecule is CCCCC[C@H](O)[C@@H]1CC[C@@H]([C@H](O)CC[C@H](O)[C@@H]2CC[C@@H](CCCCCCCCCCCC[C@@H](O)CC3=C[C@H](C)OC3=O)O2)O1. The second-order valence-corrected chi connectivity index (χ2v) is 14.2. The van der Waals surface area contributed by atoms with Crippen molar-refractivity contribution in [3.05, 3.63) is 11.6 Å². The Bertz CT molecular complexity index is 833. The molecule has 45 heavy (non-hydrogen) atoms. The lowest BCUT2D eigenvalue weighted by Crippen LogP contribution is -2.33. The first kappa shape index (κ1) is 38.4. The summed E-state index contributed by atoms with van der Waals surface area (Å²) in [4.78, 5) is 11.7. The van der Waals surface area contributed by atoms with E-state index in [9.17, 15) is 25.2 Å². The third-order valence-corrected chi connectivity index (χ3v) is 10.1. The average molecular weight is 639 g/mol. The number of carbonyl (C=O) groups excluding carboxylic acids is 1. The molecule has 3 aliphatic heterocycles. The molecule has 0 aromatic heterocycles. The van der Waals surface area contributed by atoms with Crippen LogP contribution in [-0.2, 0) is 19.0 Å². The van der Waals surface area contributed by atoms with Crippen LogP contribution >= 0.6 is 0 Å². The van der Waals surface area contributed by atoms with Crippen molar-refractivity contribution in [1.29, 1.82) is 0 Å². The van der Waals surface area contributed by atoms with Crippen LogP contribution in [0.15, 0.2) is 11.6 Å². The highest BCUT2D eigenvalue weighted by molar-refractivity contribution is 5.90. The van der Waals surface area contributed by atoms with E-state index in [1.54, 1.807) is 0 Å². The highest BCUT2D eigenvalue weighted by atomic mass is 16.5. The number of cyclic esters (lactones) is 1. The molecule has 0 aromatic carbocycles. The van der Waals surface area contributed by atoms with Gasteiger partial charge in [0.2, 0.25) is 0 Å². The van der Waals surface area contributed by atoms with Gasteiger partial charge in [-0.15, -0.1) is 0 Å². The molecule has 262 valence electrons. The van der Waals surface area contributed by atoms with E-state index in [2.05, 4.69) is 6.92 Å². The van der Waals surface area contributed by atoms with E-state index in [1.807, 2.05) is 13.0 Å². The second-order valence-electron chi connectivity index (χ2n) is 14.2. The number of hydrogen-bond donors (Lipinski definition) is 4. The number of ether oxygens (including phenoxy) is 3. The van der Waals surface area contributed by atoms with Crippen LogP contribution in [0.2, 0.25) is 0 Å². The van der Waals surface area contributed by atoms with Crippen LogP contribution in [0.5, 0.6) is 0 Å². The summed E-state index contributed by atoms with van der Waals surface area (Å²) < 4.78 is 17.3. The molecular weight excluding hydrogens is 572 g/mol. The van der Waals surface area contributed by atoms with Gasteiger partial charge in [0.25, 0.3) is 0 Å². The standard InChI is InChI=1S/C37H66O8/c1-3-4-13-18-31(39)35-23-24-36(45-35)33(41)21-20-32(40)34-22-19-30(44-34)17-15-12-10-8-6-5-7-9-11-14-16-29(38)26-28-25-27(2)43-37(28)42/h25,27,29-36,38-41H,3-24,26H2,1-2H3/t27-,29+,30+,31-,32-,33+,34-,35-,36-/m0/s1. The molecule has 8 heteroatoms. The van der Waals surface area contributed by atoms with Crippen LogP contribution in [0.3, 0.4) is 0 Å². The molecule has 0 aliphatic carbocycles. The molecule has 9 atom stereocenters. The maximum absolute atomic E-state index is 11.7. The fraction of sp³-hybridized carbons (Fsp3) is 0.919. The molecule has 3 rings (SSSR count). The molecule has 4 N–H and O–H groups in total. The molecule has 0 amide bonds. The van der Waals surface area contributed by atoms with Crippen LogP contribution in [0.1, 0.15) is 162 Å². The fourth-order valence-corrected chi connectivity index (χ4v) is 7.29. The lowest BCUT2D eigenvalue weighted by Gasteiger charge is -2.24. The smallest absolute Gasteiger partial charge is 0.334 e. The van der Waals surface area contributed by atoms with E-state index in [4.69, 9.17) is 14.2 Å². The number of unbranched alkanes of at least 4 members (excludes halogenated alkanes) is 11. The summed E-state index contributed by atoms with van der Waals surface area (Å²) in [5, 5.41) is 42.0. The van der Waals surface area contributed by atoms with Crippen molar-refractivity contribution in [2.45, 2.75) is 216 Å². The Morgan fingerprint density at radius 1 is 0.667 bits per heavy atom. The Morgan fingerprint density at radius 2 is 1.18 bits per heavy atom. The number of aliphatic hydroxyl groups is 4. The predicted octanol–water partition coefficient (Wildman–Crippen LogP) is 6.83. The number of carbonyl (C=O) groups is 1. The van der Waals surface area contributed by atoms with E-state index in [1.165, 1.54) is 51.4 Å². The van der Waals surface area contributed by atoms with Gasteiger partial charge >= 0.3 is 5.97 Å². The van der Waals surface area contributed by atoms with Crippen molar-refractivity contribution in [2.24, 2.45) is 0 Å². The Morgan fingerprint density at radius 3 is 1.76 bits per heavy atom. The Balaban J connectivity index is 1.10. The van der Waals surface area contributed by atoms with Gasteiger partial charge in [0.15, 0.2) is 0 Å². The van der Waals surface area contributed by atoms with Crippen molar-refractivity contribution in [2.75, 3.05) is 0 Å². The van der Waals surface area contributed by atoms with Crippen LogP contribution in [0.4, 0.5) is 0 Å².